The standard InChI is InChI=1S/C13H20S.C2H6/c1-9-6-13(4,5)7-10(2)12(9)11(3)8-14;1-2/h14H,1-2,6-8H2,3-5H3;1-2H3. The summed E-state index contributed by atoms with van der Waals surface area (Å²) in [5.41, 5.74) is 5.39. The Morgan fingerprint density at radius 2 is 1.56 bits per heavy atom. The molecule has 0 bridgehead atoms. The molecule has 0 N–H and O–H groups in total. The van der Waals surface area contributed by atoms with Crippen molar-refractivity contribution >= 4 is 12.6 Å². The van der Waals surface area contributed by atoms with Crippen LogP contribution in [-0.2, 0) is 0 Å². The second-order valence-electron chi connectivity index (χ2n) is 5.04. The van der Waals surface area contributed by atoms with Crippen LogP contribution in [0.1, 0.15) is 47.5 Å². The molecule has 1 rings (SSSR count). The van der Waals surface area contributed by atoms with Crippen molar-refractivity contribution in [3.8, 4) is 0 Å². The van der Waals surface area contributed by atoms with Crippen LogP contribution in [0, 0.1) is 5.41 Å². The largest absolute Gasteiger partial charge is 0.175 e. The minimum Gasteiger partial charge on any atom is -0.175 e. The Morgan fingerprint density at radius 3 is 1.88 bits per heavy atom. The molecule has 0 aromatic carbocycles. The van der Waals surface area contributed by atoms with Crippen molar-refractivity contribution in [3.05, 3.63) is 35.5 Å². The van der Waals surface area contributed by atoms with Gasteiger partial charge in [-0.25, -0.2) is 0 Å². The van der Waals surface area contributed by atoms with Gasteiger partial charge in [0, 0.05) is 5.75 Å². The van der Waals surface area contributed by atoms with Crippen LogP contribution >= 0.6 is 12.6 Å². The van der Waals surface area contributed by atoms with Crippen molar-refractivity contribution < 1.29 is 0 Å². The zero-order valence-electron chi connectivity index (χ0n) is 11.5. The molecule has 0 heterocycles. The van der Waals surface area contributed by atoms with Gasteiger partial charge in [0.15, 0.2) is 0 Å². The Bertz CT molecular complexity index is 283. The van der Waals surface area contributed by atoms with Gasteiger partial charge < -0.3 is 0 Å². The topological polar surface area (TPSA) is 0 Å². The average Bonchev–Trinajstić information content (AvgIpc) is 2.17. The molecule has 1 fully saturated rings. The molecule has 0 amide bonds. The molecule has 0 spiro atoms. The number of hydrogen-bond acceptors (Lipinski definition) is 1. The highest BCUT2D eigenvalue weighted by atomic mass is 32.1. The maximum absolute atomic E-state index is 4.31. The smallest absolute Gasteiger partial charge is 0.0119 e. The van der Waals surface area contributed by atoms with Crippen LogP contribution < -0.4 is 0 Å². The van der Waals surface area contributed by atoms with E-state index in [1.807, 2.05) is 13.8 Å². The van der Waals surface area contributed by atoms with Crippen LogP contribution in [0.25, 0.3) is 0 Å². The molecule has 0 saturated heterocycles. The molecule has 0 aromatic rings. The van der Waals surface area contributed by atoms with E-state index in [0.717, 1.165) is 18.6 Å². The van der Waals surface area contributed by atoms with Crippen molar-refractivity contribution in [1.29, 1.82) is 0 Å². The van der Waals surface area contributed by atoms with E-state index in [1.165, 1.54) is 22.3 Å². The second kappa shape index (κ2) is 6.34. The lowest BCUT2D eigenvalue weighted by atomic mass is 9.70. The van der Waals surface area contributed by atoms with E-state index in [2.05, 4.69) is 46.6 Å². The van der Waals surface area contributed by atoms with Gasteiger partial charge in [0.2, 0.25) is 0 Å². The van der Waals surface area contributed by atoms with Gasteiger partial charge in [-0.3, -0.25) is 0 Å². The number of thiol groups is 1. The molecule has 0 radical (unpaired) electrons. The Balaban J connectivity index is 0.00000106. The van der Waals surface area contributed by atoms with Gasteiger partial charge in [-0.05, 0) is 41.9 Å². The summed E-state index contributed by atoms with van der Waals surface area (Å²) in [6.07, 6.45) is 2.15. The van der Waals surface area contributed by atoms with Crippen molar-refractivity contribution in [1.82, 2.24) is 0 Å². The van der Waals surface area contributed by atoms with E-state index >= 15 is 0 Å². The van der Waals surface area contributed by atoms with Gasteiger partial charge in [0.25, 0.3) is 0 Å². The van der Waals surface area contributed by atoms with Gasteiger partial charge >= 0.3 is 0 Å². The van der Waals surface area contributed by atoms with Gasteiger partial charge in [0.05, 0.1) is 0 Å². The Kier molecular flexibility index (Phi) is 6.17. The first kappa shape index (κ1) is 15.6. The molecule has 1 heteroatoms. The lowest BCUT2D eigenvalue weighted by Crippen LogP contribution is -2.20. The maximum Gasteiger partial charge on any atom is 0.0119 e. The Labute approximate surface area is 107 Å². The van der Waals surface area contributed by atoms with Crippen molar-refractivity contribution in [2.75, 3.05) is 5.75 Å². The Morgan fingerprint density at radius 1 is 1.19 bits per heavy atom. The number of allylic oxidation sites excluding steroid dienone is 3. The molecule has 1 aliphatic rings. The molecule has 1 saturated carbocycles. The van der Waals surface area contributed by atoms with E-state index in [4.69, 9.17) is 0 Å². The molecule has 92 valence electrons. The minimum atomic E-state index is 0.328. The third-order valence-electron chi connectivity index (χ3n) is 2.75. The summed E-state index contributed by atoms with van der Waals surface area (Å²) in [5.74, 6) is 0.799. The van der Waals surface area contributed by atoms with Gasteiger partial charge in [-0.1, -0.05) is 46.4 Å². The third-order valence-corrected chi connectivity index (χ3v) is 3.23. The van der Waals surface area contributed by atoms with E-state index in [9.17, 15) is 0 Å². The first-order valence-corrected chi connectivity index (χ1v) is 6.67. The van der Waals surface area contributed by atoms with E-state index in [0.29, 0.717) is 5.41 Å². The van der Waals surface area contributed by atoms with Crippen LogP contribution in [-0.4, -0.2) is 5.75 Å². The van der Waals surface area contributed by atoms with Crippen LogP contribution in [0.5, 0.6) is 0 Å². The van der Waals surface area contributed by atoms with Crippen LogP contribution in [0.15, 0.2) is 35.5 Å². The lowest BCUT2D eigenvalue weighted by molar-refractivity contribution is 0.349. The zero-order valence-corrected chi connectivity index (χ0v) is 12.4. The summed E-state index contributed by atoms with van der Waals surface area (Å²) in [6.45, 7) is 19.0. The summed E-state index contributed by atoms with van der Waals surface area (Å²) < 4.78 is 0. The monoisotopic (exact) mass is 238 g/mol. The predicted molar refractivity (Wildman–Crippen MR) is 79.2 cm³/mol. The van der Waals surface area contributed by atoms with E-state index < -0.39 is 0 Å². The highest BCUT2D eigenvalue weighted by Crippen LogP contribution is 2.44. The molecular formula is C15H26S. The minimum absolute atomic E-state index is 0.328. The first-order valence-electron chi connectivity index (χ1n) is 6.04. The summed E-state index contributed by atoms with van der Waals surface area (Å²) in [7, 11) is 0. The molecule has 0 nitrogen and oxygen atoms in total. The fourth-order valence-corrected chi connectivity index (χ4v) is 2.49. The molecule has 1 aliphatic carbocycles. The van der Waals surface area contributed by atoms with Crippen molar-refractivity contribution in [2.45, 2.75) is 47.5 Å². The quantitative estimate of drug-likeness (QED) is 0.597. The normalized spacial score (nSPS) is 19.0. The molecule has 0 aromatic heterocycles. The number of rotatable bonds is 1. The molecular weight excluding hydrogens is 212 g/mol. The zero-order chi connectivity index (χ0) is 12.9. The predicted octanol–water partition coefficient (Wildman–Crippen LogP) is 5.19. The molecule has 0 aliphatic heterocycles. The maximum atomic E-state index is 4.31. The van der Waals surface area contributed by atoms with Gasteiger partial charge in [-0.15, -0.1) is 0 Å². The van der Waals surface area contributed by atoms with Crippen LogP contribution in [0.3, 0.4) is 0 Å². The summed E-state index contributed by atoms with van der Waals surface area (Å²) in [5, 5.41) is 0. The molecule has 0 unspecified atom stereocenters. The van der Waals surface area contributed by atoms with Crippen molar-refractivity contribution in [3.63, 3.8) is 0 Å². The fraction of sp³-hybridized carbons (Fsp3) is 0.600. The second-order valence-corrected chi connectivity index (χ2v) is 5.35. The van der Waals surface area contributed by atoms with E-state index in [1.54, 1.807) is 0 Å². The number of hydrogen-bond donors (Lipinski definition) is 1. The van der Waals surface area contributed by atoms with Crippen LogP contribution in [0.2, 0.25) is 0 Å². The average molecular weight is 238 g/mol. The van der Waals surface area contributed by atoms with Crippen molar-refractivity contribution in [2.24, 2.45) is 5.41 Å². The Hall–Kier alpha value is -0.430. The van der Waals surface area contributed by atoms with E-state index in [-0.39, 0.29) is 0 Å². The first-order chi connectivity index (χ1) is 7.37. The highest BCUT2D eigenvalue weighted by Gasteiger charge is 2.29. The summed E-state index contributed by atoms with van der Waals surface area (Å²) in [6, 6.07) is 0. The lowest BCUT2D eigenvalue weighted by Gasteiger charge is -2.35. The highest BCUT2D eigenvalue weighted by molar-refractivity contribution is 7.80. The van der Waals surface area contributed by atoms with Gasteiger partial charge in [0.1, 0.15) is 0 Å². The summed E-state index contributed by atoms with van der Waals surface area (Å²) >= 11 is 4.31. The van der Waals surface area contributed by atoms with Gasteiger partial charge in [-0.2, -0.15) is 12.6 Å². The molecule has 0 atom stereocenters. The third kappa shape index (κ3) is 3.86. The summed E-state index contributed by atoms with van der Waals surface area (Å²) in [4.78, 5) is 0. The fourth-order valence-electron chi connectivity index (χ4n) is 2.33. The SMILES string of the molecule is C=C1CC(C)(C)CC(=C)C1=C(C)CS.CC. The molecule has 16 heavy (non-hydrogen) atoms. The van der Waals surface area contributed by atoms with Crippen LogP contribution in [0.4, 0.5) is 0 Å².